The van der Waals surface area contributed by atoms with Gasteiger partial charge in [-0.15, -0.1) is 0 Å². The molecule has 0 saturated carbocycles. The van der Waals surface area contributed by atoms with Crippen LogP contribution in [0.25, 0.3) is 0 Å². The van der Waals surface area contributed by atoms with E-state index in [4.69, 9.17) is 38.6 Å². The molecule has 0 fully saturated rings. The zero-order valence-corrected chi connectivity index (χ0v) is 14.2. The van der Waals surface area contributed by atoms with Gasteiger partial charge in [-0.1, -0.05) is 11.8 Å². The maximum absolute atomic E-state index is 8.49. The Morgan fingerprint density at radius 2 is 0.708 bits per heavy atom. The summed E-state index contributed by atoms with van der Waals surface area (Å²) in [6, 6.07) is 0. The molecule has 0 aliphatic carbocycles. The molecule has 2 N–H and O–H groups in total. The summed E-state index contributed by atoms with van der Waals surface area (Å²) in [7, 11) is 0. The van der Waals surface area contributed by atoms with Gasteiger partial charge in [-0.3, -0.25) is 0 Å². The van der Waals surface area contributed by atoms with Crippen LogP contribution in [-0.4, -0.2) is 103 Å². The first-order chi connectivity index (χ1) is 11.9. The van der Waals surface area contributed by atoms with Crippen LogP contribution in [0, 0.1) is 11.8 Å². The molecular weight excluding hydrogens is 320 g/mol. The normalized spacial score (nSPS) is 10.6. The van der Waals surface area contributed by atoms with E-state index in [2.05, 4.69) is 11.8 Å². The van der Waals surface area contributed by atoms with Gasteiger partial charge in [-0.25, -0.2) is 0 Å². The van der Waals surface area contributed by atoms with Crippen molar-refractivity contribution in [1.29, 1.82) is 0 Å². The standard InChI is InChI=1S/C16H30O8/c17-3-7-21-11-15-23-13-9-19-5-1-2-6-20-10-14-24-16-12-22-8-4-18/h17-18H,3-16H2. The second-order valence-electron chi connectivity index (χ2n) is 4.36. The van der Waals surface area contributed by atoms with Crippen molar-refractivity contribution in [3.8, 4) is 11.8 Å². The lowest BCUT2D eigenvalue weighted by Crippen LogP contribution is -2.11. The van der Waals surface area contributed by atoms with Gasteiger partial charge in [-0.2, -0.15) is 0 Å². The zero-order valence-electron chi connectivity index (χ0n) is 14.2. The van der Waals surface area contributed by atoms with E-state index < -0.39 is 0 Å². The molecule has 0 radical (unpaired) electrons. The molecule has 0 aliphatic heterocycles. The number of rotatable bonds is 18. The van der Waals surface area contributed by atoms with Crippen LogP contribution in [0.4, 0.5) is 0 Å². The second kappa shape index (κ2) is 22.2. The molecule has 0 saturated heterocycles. The van der Waals surface area contributed by atoms with Crippen LogP contribution in [-0.2, 0) is 28.4 Å². The predicted molar refractivity (Wildman–Crippen MR) is 86.9 cm³/mol. The van der Waals surface area contributed by atoms with Crippen molar-refractivity contribution in [3.05, 3.63) is 0 Å². The molecule has 0 spiro atoms. The molecule has 0 aromatic heterocycles. The van der Waals surface area contributed by atoms with Gasteiger partial charge in [0.05, 0.1) is 79.3 Å². The molecule has 0 unspecified atom stereocenters. The molecule has 0 bridgehead atoms. The van der Waals surface area contributed by atoms with Crippen LogP contribution in [0.15, 0.2) is 0 Å². The van der Waals surface area contributed by atoms with Crippen molar-refractivity contribution in [2.24, 2.45) is 0 Å². The first-order valence-electron chi connectivity index (χ1n) is 8.05. The predicted octanol–water partition coefficient (Wildman–Crippen LogP) is -0.926. The second-order valence-corrected chi connectivity index (χ2v) is 4.36. The van der Waals surface area contributed by atoms with Crippen molar-refractivity contribution in [3.63, 3.8) is 0 Å². The summed E-state index contributed by atoms with van der Waals surface area (Å²) < 4.78 is 31.1. The molecule has 0 rings (SSSR count). The first kappa shape index (κ1) is 23.2. The third kappa shape index (κ3) is 21.2. The van der Waals surface area contributed by atoms with Crippen molar-refractivity contribution in [2.75, 3.05) is 92.5 Å². The minimum Gasteiger partial charge on any atom is -0.394 e. The Hall–Kier alpha value is -0.760. The molecule has 0 atom stereocenters. The van der Waals surface area contributed by atoms with Gasteiger partial charge in [0, 0.05) is 0 Å². The molecule has 8 nitrogen and oxygen atoms in total. The van der Waals surface area contributed by atoms with Crippen LogP contribution >= 0.6 is 0 Å². The fourth-order valence-electron chi connectivity index (χ4n) is 1.36. The van der Waals surface area contributed by atoms with E-state index in [1.165, 1.54) is 0 Å². The Labute approximate surface area is 143 Å². The number of aliphatic hydroxyl groups is 2. The Bertz CT molecular complexity index is 264. The van der Waals surface area contributed by atoms with E-state index in [1.54, 1.807) is 0 Å². The minimum absolute atomic E-state index is 0.0267. The van der Waals surface area contributed by atoms with Crippen molar-refractivity contribution >= 4 is 0 Å². The molecule has 0 aromatic carbocycles. The minimum atomic E-state index is 0.0267. The highest BCUT2D eigenvalue weighted by molar-refractivity contribution is 4.99. The Balaban J connectivity index is 3.07. The SMILES string of the molecule is OCCOCCOCCOCC#CCOCCOCCOCCO. The summed E-state index contributed by atoms with van der Waals surface area (Å²) in [4.78, 5) is 0. The van der Waals surface area contributed by atoms with Gasteiger partial charge in [0.2, 0.25) is 0 Å². The van der Waals surface area contributed by atoms with E-state index >= 15 is 0 Å². The average molecular weight is 350 g/mol. The molecule has 8 heteroatoms. The quantitative estimate of drug-likeness (QED) is 0.242. The zero-order chi connectivity index (χ0) is 17.6. The van der Waals surface area contributed by atoms with Gasteiger partial charge in [0.15, 0.2) is 0 Å². The lowest BCUT2D eigenvalue weighted by molar-refractivity contribution is 0.0116. The molecule has 0 amide bonds. The van der Waals surface area contributed by atoms with Gasteiger partial charge < -0.3 is 38.6 Å². The third-order valence-electron chi connectivity index (χ3n) is 2.43. The maximum atomic E-state index is 8.49. The molecule has 0 heterocycles. The maximum Gasteiger partial charge on any atom is 0.107 e. The van der Waals surface area contributed by atoms with E-state index in [9.17, 15) is 0 Å². The molecule has 142 valence electrons. The Morgan fingerprint density at radius 3 is 1.04 bits per heavy atom. The third-order valence-corrected chi connectivity index (χ3v) is 2.43. The highest BCUT2D eigenvalue weighted by Crippen LogP contribution is 1.82. The van der Waals surface area contributed by atoms with Crippen LogP contribution in [0.3, 0.4) is 0 Å². The van der Waals surface area contributed by atoms with Crippen LogP contribution in [0.5, 0.6) is 0 Å². The fraction of sp³-hybridized carbons (Fsp3) is 0.875. The fourth-order valence-corrected chi connectivity index (χ4v) is 1.36. The number of hydrogen-bond donors (Lipinski definition) is 2. The Morgan fingerprint density at radius 1 is 0.417 bits per heavy atom. The summed E-state index contributed by atoms with van der Waals surface area (Å²) >= 11 is 0. The van der Waals surface area contributed by atoms with E-state index in [0.717, 1.165) is 0 Å². The number of ether oxygens (including phenoxy) is 6. The monoisotopic (exact) mass is 350 g/mol. The average Bonchev–Trinajstić information content (AvgIpc) is 2.60. The molecule has 0 aliphatic rings. The topological polar surface area (TPSA) is 95.8 Å². The smallest absolute Gasteiger partial charge is 0.107 e. The molecular formula is C16H30O8. The Kier molecular flexibility index (Phi) is 21.5. The first-order valence-corrected chi connectivity index (χ1v) is 8.05. The summed E-state index contributed by atoms with van der Waals surface area (Å²) in [5.41, 5.74) is 0. The summed E-state index contributed by atoms with van der Waals surface area (Å²) in [6.07, 6.45) is 0. The van der Waals surface area contributed by atoms with Crippen LogP contribution < -0.4 is 0 Å². The van der Waals surface area contributed by atoms with E-state index in [0.29, 0.717) is 79.3 Å². The van der Waals surface area contributed by atoms with E-state index in [-0.39, 0.29) is 13.2 Å². The van der Waals surface area contributed by atoms with Crippen molar-refractivity contribution < 1.29 is 38.6 Å². The largest absolute Gasteiger partial charge is 0.394 e. The molecule has 0 aromatic rings. The van der Waals surface area contributed by atoms with Crippen molar-refractivity contribution in [1.82, 2.24) is 0 Å². The van der Waals surface area contributed by atoms with E-state index in [1.807, 2.05) is 0 Å². The summed E-state index contributed by atoms with van der Waals surface area (Å²) in [5, 5.41) is 17.0. The molecule has 24 heavy (non-hydrogen) atoms. The van der Waals surface area contributed by atoms with Crippen LogP contribution in [0.1, 0.15) is 0 Å². The van der Waals surface area contributed by atoms with Gasteiger partial charge in [0.1, 0.15) is 13.2 Å². The highest BCUT2D eigenvalue weighted by atomic mass is 16.6. The number of aliphatic hydroxyl groups excluding tert-OH is 2. The van der Waals surface area contributed by atoms with Gasteiger partial charge >= 0.3 is 0 Å². The van der Waals surface area contributed by atoms with Gasteiger partial charge in [-0.05, 0) is 0 Å². The lowest BCUT2D eigenvalue weighted by Gasteiger charge is -2.04. The number of hydrogen-bond acceptors (Lipinski definition) is 8. The van der Waals surface area contributed by atoms with Crippen molar-refractivity contribution in [2.45, 2.75) is 0 Å². The van der Waals surface area contributed by atoms with Crippen LogP contribution in [0.2, 0.25) is 0 Å². The lowest BCUT2D eigenvalue weighted by atomic mass is 10.6. The van der Waals surface area contributed by atoms with Gasteiger partial charge in [0.25, 0.3) is 0 Å². The highest BCUT2D eigenvalue weighted by Gasteiger charge is 1.91. The summed E-state index contributed by atoms with van der Waals surface area (Å²) in [6.45, 7) is 5.23. The summed E-state index contributed by atoms with van der Waals surface area (Å²) in [5.74, 6) is 5.68.